The lowest BCUT2D eigenvalue weighted by molar-refractivity contribution is -0.123. The van der Waals surface area contributed by atoms with E-state index in [-0.39, 0.29) is 5.91 Å². The van der Waals surface area contributed by atoms with Crippen LogP contribution in [0.5, 0.6) is 11.5 Å². The molecule has 1 aliphatic heterocycles. The molecule has 7 heteroatoms. The molecular weight excluding hydrogens is 471 g/mol. The van der Waals surface area contributed by atoms with E-state index in [1.165, 1.54) is 29.2 Å². The van der Waals surface area contributed by atoms with Crippen molar-refractivity contribution in [2.75, 3.05) is 18.1 Å². The minimum absolute atomic E-state index is 0.299. The second-order valence-corrected chi connectivity index (χ2v) is 10.5. The molecule has 0 fully saturated rings. The van der Waals surface area contributed by atoms with Crippen LogP contribution in [0.15, 0.2) is 66.7 Å². The molecule has 2 amide bonds. The topological polar surface area (TPSA) is 67.9 Å². The molecule has 6 nitrogen and oxygen atoms in total. The Morgan fingerprint density at radius 1 is 0.865 bits per heavy atom. The van der Waals surface area contributed by atoms with Gasteiger partial charge in [0.15, 0.2) is 11.5 Å². The van der Waals surface area contributed by atoms with E-state index in [4.69, 9.17) is 9.47 Å². The lowest BCUT2D eigenvalue weighted by Crippen LogP contribution is -2.49. The Morgan fingerprint density at radius 3 is 2.05 bits per heavy atom. The second kappa shape index (κ2) is 10.6. The number of benzene rings is 3. The average molecular weight is 505 g/mol. The fraction of sp³-hybridized carbons (Fsp3) is 0.333. The summed E-state index contributed by atoms with van der Waals surface area (Å²) in [6.45, 7) is 10.6. The van der Waals surface area contributed by atoms with Crippen LogP contribution in [0.25, 0.3) is 0 Å². The van der Waals surface area contributed by atoms with Crippen LogP contribution in [-0.2, 0) is 4.79 Å². The third-order valence-electron chi connectivity index (χ3n) is 6.04. The molecule has 1 N–H and O–H groups in total. The van der Waals surface area contributed by atoms with Crippen LogP contribution < -0.4 is 19.7 Å². The Labute approximate surface area is 217 Å². The van der Waals surface area contributed by atoms with E-state index in [1.807, 2.05) is 45.0 Å². The number of fused-ring (bicyclic) bond motifs is 1. The van der Waals surface area contributed by atoms with Crippen molar-refractivity contribution in [1.29, 1.82) is 0 Å². The van der Waals surface area contributed by atoms with Gasteiger partial charge in [-0.15, -0.1) is 0 Å². The largest absolute Gasteiger partial charge is 0.486 e. The lowest BCUT2D eigenvalue weighted by atomic mass is 9.98. The number of rotatable bonds is 6. The Morgan fingerprint density at radius 2 is 1.46 bits per heavy atom. The van der Waals surface area contributed by atoms with Gasteiger partial charge in [-0.3, -0.25) is 14.5 Å². The maximum atomic E-state index is 14.2. The molecule has 0 unspecified atom stereocenters. The van der Waals surface area contributed by atoms with Crippen molar-refractivity contribution < 1.29 is 23.5 Å². The molecule has 0 aliphatic carbocycles. The van der Waals surface area contributed by atoms with E-state index >= 15 is 0 Å². The van der Waals surface area contributed by atoms with Gasteiger partial charge in [0.05, 0.1) is 0 Å². The van der Waals surface area contributed by atoms with Gasteiger partial charge in [-0.25, -0.2) is 4.39 Å². The molecule has 0 saturated heterocycles. The number of nitrogens with one attached hydrogen (secondary N) is 1. The fourth-order valence-corrected chi connectivity index (χ4v) is 4.22. The summed E-state index contributed by atoms with van der Waals surface area (Å²) in [6, 6.07) is 17.2. The van der Waals surface area contributed by atoms with Crippen LogP contribution in [-0.4, -0.2) is 30.6 Å². The van der Waals surface area contributed by atoms with E-state index in [9.17, 15) is 14.0 Å². The van der Waals surface area contributed by atoms with Gasteiger partial charge >= 0.3 is 0 Å². The van der Waals surface area contributed by atoms with Gasteiger partial charge in [0.1, 0.15) is 25.1 Å². The summed E-state index contributed by atoms with van der Waals surface area (Å²) in [7, 11) is 0. The average Bonchev–Trinajstić information content (AvgIpc) is 2.86. The number of amides is 2. The van der Waals surface area contributed by atoms with Crippen LogP contribution in [0, 0.1) is 5.82 Å². The quantitative estimate of drug-likeness (QED) is 0.446. The van der Waals surface area contributed by atoms with Crippen molar-refractivity contribution >= 4 is 17.5 Å². The number of hydrogen-bond acceptors (Lipinski definition) is 4. The number of halogens is 1. The Hall–Kier alpha value is -3.87. The molecule has 0 bridgehead atoms. The van der Waals surface area contributed by atoms with Crippen molar-refractivity contribution in [3.8, 4) is 11.5 Å². The highest BCUT2D eigenvalue weighted by Gasteiger charge is 2.35. The van der Waals surface area contributed by atoms with Gasteiger partial charge in [0.2, 0.25) is 5.91 Å². The van der Waals surface area contributed by atoms with Crippen molar-refractivity contribution in [2.24, 2.45) is 0 Å². The van der Waals surface area contributed by atoms with Gasteiger partial charge in [-0.2, -0.15) is 0 Å². The molecule has 3 aromatic carbocycles. The first-order chi connectivity index (χ1) is 17.5. The molecule has 0 radical (unpaired) electrons. The van der Waals surface area contributed by atoms with E-state index in [0.717, 1.165) is 5.56 Å². The van der Waals surface area contributed by atoms with E-state index < -0.39 is 23.3 Å². The maximum Gasteiger partial charge on any atom is 0.259 e. The molecule has 4 rings (SSSR count). The molecule has 194 valence electrons. The van der Waals surface area contributed by atoms with Crippen LogP contribution in [0.4, 0.5) is 10.1 Å². The van der Waals surface area contributed by atoms with Crippen LogP contribution in [0.1, 0.15) is 68.1 Å². The number of carbonyl (C=O) groups excluding carboxylic acids is 2. The summed E-state index contributed by atoms with van der Waals surface area (Å²) in [5.74, 6) is 0.143. The highest BCUT2D eigenvalue weighted by molar-refractivity contribution is 6.10. The molecule has 0 aromatic heterocycles. The standard InChI is InChI=1S/C30H33FN2O4/c1-19(2)20-8-13-24(14-9-20)33(29(35)22-10-15-25-26(18-22)37-17-16-36-25)27(28(34)32-30(3,4)5)21-6-11-23(31)12-7-21/h6-15,18-19,27H,16-17H2,1-5H3,(H,32,34)/t27-/m1/s1. The summed E-state index contributed by atoms with van der Waals surface area (Å²) < 4.78 is 25.2. The Balaban J connectivity index is 1.86. The summed E-state index contributed by atoms with van der Waals surface area (Å²) in [6.07, 6.45) is 0. The van der Waals surface area contributed by atoms with Crippen molar-refractivity contribution in [2.45, 2.75) is 52.1 Å². The molecule has 1 atom stereocenters. The minimum atomic E-state index is -1.05. The molecule has 0 spiro atoms. The third kappa shape index (κ3) is 6.10. The minimum Gasteiger partial charge on any atom is -0.486 e. The monoisotopic (exact) mass is 504 g/mol. The van der Waals surface area contributed by atoms with Gasteiger partial charge < -0.3 is 14.8 Å². The zero-order chi connectivity index (χ0) is 26.7. The molecule has 1 aliphatic rings. The zero-order valence-corrected chi connectivity index (χ0v) is 21.9. The smallest absolute Gasteiger partial charge is 0.259 e. The molecule has 3 aromatic rings. The third-order valence-corrected chi connectivity index (χ3v) is 6.04. The van der Waals surface area contributed by atoms with E-state index in [2.05, 4.69) is 19.2 Å². The van der Waals surface area contributed by atoms with Gasteiger partial charge in [-0.05, 0) is 80.3 Å². The van der Waals surface area contributed by atoms with Crippen molar-refractivity contribution in [3.63, 3.8) is 0 Å². The molecular formula is C30H33FN2O4. The summed E-state index contributed by atoms with van der Waals surface area (Å²) in [5, 5.41) is 3.00. The first-order valence-corrected chi connectivity index (χ1v) is 12.4. The molecule has 0 saturated carbocycles. The first-order valence-electron chi connectivity index (χ1n) is 12.4. The predicted octanol–water partition coefficient (Wildman–Crippen LogP) is 6.02. The first kappa shape index (κ1) is 26.2. The van der Waals surface area contributed by atoms with Crippen LogP contribution in [0.2, 0.25) is 0 Å². The Kier molecular flexibility index (Phi) is 7.52. The second-order valence-electron chi connectivity index (χ2n) is 10.5. The molecule has 37 heavy (non-hydrogen) atoms. The summed E-state index contributed by atoms with van der Waals surface area (Å²) in [5.41, 5.74) is 1.92. The SMILES string of the molecule is CC(C)c1ccc(N(C(=O)c2ccc3c(c2)OCCO3)[C@@H](C(=O)NC(C)(C)C)c2ccc(F)cc2)cc1. The van der Waals surface area contributed by atoms with Gasteiger partial charge in [-0.1, -0.05) is 38.1 Å². The summed E-state index contributed by atoms with van der Waals surface area (Å²) >= 11 is 0. The predicted molar refractivity (Wildman–Crippen MR) is 142 cm³/mol. The highest BCUT2D eigenvalue weighted by atomic mass is 19.1. The number of nitrogens with zero attached hydrogens (tertiary/aromatic N) is 1. The van der Waals surface area contributed by atoms with Crippen molar-refractivity contribution in [3.05, 3.63) is 89.2 Å². The summed E-state index contributed by atoms with van der Waals surface area (Å²) in [4.78, 5) is 29.4. The van der Waals surface area contributed by atoms with Gasteiger partial charge in [0.25, 0.3) is 5.91 Å². The molecule has 1 heterocycles. The number of hydrogen-bond donors (Lipinski definition) is 1. The van der Waals surface area contributed by atoms with E-state index in [0.29, 0.717) is 47.4 Å². The number of anilines is 1. The highest BCUT2D eigenvalue weighted by Crippen LogP contribution is 2.35. The van der Waals surface area contributed by atoms with Crippen molar-refractivity contribution in [1.82, 2.24) is 5.32 Å². The fourth-order valence-electron chi connectivity index (χ4n) is 4.22. The van der Waals surface area contributed by atoms with E-state index in [1.54, 1.807) is 18.2 Å². The van der Waals surface area contributed by atoms with Crippen LogP contribution in [0.3, 0.4) is 0 Å². The number of carbonyl (C=O) groups is 2. The Bertz CT molecular complexity index is 1260. The maximum absolute atomic E-state index is 14.2. The van der Waals surface area contributed by atoms with Gasteiger partial charge in [0, 0.05) is 16.8 Å². The zero-order valence-electron chi connectivity index (χ0n) is 21.9. The van der Waals surface area contributed by atoms with Crippen LogP contribution >= 0.6 is 0 Å². The normalized spacial score (nSPS) is 13.7. The number of ether oxygens (including phenoxy) is 2. The lowest BCUT2D eigenvalue weighted by Gasteiger charge is -2.34.